The second-order valence-electron chi connectivity index (χ2n) is 8.77. The van der Waals surface area contributed by atoms with Gasteiger partial charge in [-0.1, -0.05) is 0 Å². The molecule has 1 fully saturated rings. The number of likely N-dealkylation sites (N-methyl/N-ethyl adjacent to an activating group) is 1. The number of anilines is 2. The molecule has 3 aliphatic heterocycles. The second kappa shape index (κ2) is 7.55. The minimum absolute atomic E-state index is 0.301. The largest absolute Gasteiger partial charge is 0.507 e. The number of benzene rings is 1. The van der Waals surface area contributed by atoms with Crippen molar-refractivity contribution in [2.75, 3.05) is 49.6 Å². The van der Waals surface area contributed by atoms with Crippen LogP contribution in [0.4, 0.5) is 24.7 Å². The number of halogens is 3. The summed E-state index contributed by atoms with van der Waals surface area (Å²) in [6, 6.07) is 3.45. The molecule has 0 spiro atoms. The maximum absolute atomic E-state index is 13.0. The minimum atomic E-state index is -4.50. The van der Waals surface area contributed by atoms with Crippen molar-refractivity contribution in [3.05, 3.63) is 29.3 Å². The van der Waals surface area contributed by atoms with Gasteiger partial charge in [0.1, 0.15) is 11.4 Å². The molecule has 0 aliphatic carbocycles. The normalized spacial score (nSPS) is 21.9. The molecule has 5 rings (SSSR count). The molecule has 0 amide bonds. The minimum Gasteiger partial charge on any atom is -0.507 e. The van der Waals surface area contributed by atoms with Crippen LogP contribution in [0.5, 0.6) is 5.75 Å². The first kappa shape index (κ1) is 20.4. The highest BCUT2D eigenvalue weighted by atomic mass is 19.4. The number of phenolic OH excluding ortho intramolecular Hbond substituents is 1. The Kier molecular flexibility index (Phi) is 4.96. The first-order valence-corrected chi connectivity index (χ1v) is 10.8. The number of likely N-dealkylation sites (tertiary alicyclic amines) is 1. The summed E-state index contributed by atoms with van der Waals surface area (Å²) in [4.78, 5) is 7.02. The summed E-state index contributed by atoms with van der Waals surface area (Å²) in [7, 11) is 2.14. The van der Waals surface area contributed by atoms with Gasteiger partial charge >= 0.3 is 6.18 Å². The molecule has 31 heavy (non-hydrogen) atoms. The van der Waals surface area contributed by atoms with Gasteiger partial charge in [-0.05, 0) is 57.5 Å². The van der Waals surface area contributed by atoms with Gasteiger partial charge in [-0.25, -0.2) is 0 Å². The summed E-state index contributed by atoms with van der Waals surface area (Å²) < 4.78 is 39.1. The van der Waals surface area contributed by atoms with Crippen molar-refractivity contribution >= 4 is 11.5 Å². The number of rotatable bonds is 2. The summed E-state index contributed by atoms with van der Waals surface area (Å²) in [6.07, 6.45) is -0.533. The van der Waals surface area contributed by atoms with Crippen molar-refractivity contribution in [3.8, 4) is 17.0 Å². The van der Waals surface area contributed by atoms with Crippen molar-refractivity contribution in [3.63, 3.8) is 0 Å². The maximum atomic E-state index is 13.0. The predicted molar refractivity (Wildman–Crippen MR) is 113 cm³/mol. The first-order chi connectivity index (χ1) is 14.8. The summed E-state index contributed by atoms with van der Waals surface area (Å²) in [5.74, 6) is 0.454. The monoisotopic (exact) mass is 433 g/mol. The lowest BCUT2D eigenvalue weighted by Crippen LogP contribution is -2.53. The molecule has 0 unspecified atom stereocenters. The Labute approximate surface area is 179 Å². The summed E-state index contributed by atoms with van der Waals surface area (Å²) in [6.45, 7) is 4.81. The van der Waals surface area contributed by atoms with Crippen LogP contribution < -0.4 is 9.80 Å². The van der Waals surface area contributed by atoms with Crippen LogP contribution in [0.15, 0.2) is 18.2 Å². The van der Waals surface area contributed by atoms with E-state index < -0.39 is 17.5 Å². The third-order valence-electron chi connectivity index (χ3n) is 6.70. The van der Waals surface area contributed by atoms with Crippen LogP contribution in [0.1, 0.15) is 30.4 Å². The molecule has 1 atom stereocenters. The number of phenols is 1. The van der Waals surface area contributed by atoms with Crippen LogP contribution in [0.25, 0.3) is 11.3 Å². The molecule has 166 valence electrons. The number of piperidine rings is 1. The topological polar surface area (TPSA) is 55.7 Å². The summed E-state index contributed by atoms with van der Waals surface area (Å²) in [5.41, 5.74) is 1.92. The van der Waals surface area contributed by atoms with Crippen LogP contribution in [0.2, 0.25) is 0 Å². The molecule has 3 aliphatic rings. The van der Waals surface area contributed by atoms with Crippen molar-refractivity contribution in [1.82, 2.24) is 15.1 Å². The average molecular weight is 433 g/mol. The van der Waals surface area contributed by atoms with Gasteiger partial charge in [0.2, 0.25) is 0 Å². The number of hydrogen-bond acceptors (Lipinski definition) is 6. The molecule has 0 bridgehead atoms. The van der Waals surface area contributed by atoms with E-state index in [0.29, 0.717) is 17.3 Å². The van der Waals surface area contributed by atoms with E-state index in [1.165, 1.54) is 6.07 Å². The Hall–Kier alpha value is -2.55. The third-order valence-corrected chi connectivity index (χ3v) is 6.70. The molecule has 6 nitrogen and oxygen atoms in total. The van der Waals surface area contributed by atoms with Crippen LogP contribution in [-0.4, -0.2) is 66.0 Å². The fraction of sp³-hybridized carbons (Fsp3) is 0.545. The standard InChI is InChI=1S/C22H26F3N5O/c1-28-8-2-4-15(13-28)30-11-10-29-9-3-5-17-19(26-27-21(30)20(17)29)16-7-6-14(12-18(16)31)22(23,24)25/h6-7,12,15,31H,2-5,8-11,13H2,1H3/t15-/m1/s1. The van der Waals surface area contributed by atoms with Crippen LogP contribution in [-0.2, 0) is 12.6 Å². The Morgan fingerprint density at radius 3 is 2.65 bits per heavy atom. The van der Waals surface area contributed by atoms with Gasteiger partial charge in [-0.3, -0.25) is 0 Å². The lowest BCUT2D eigenvalue weighted by atomic mass is 9.94. The molecule has 0 radical (unpaired) electrons. The summed E-state index contributed by atoms with van der Waals surface area (Å²) in [5, 5.41) is 19.4. The highest BCUT2D eigenvalue weighted by Gasteiger charge is 2.36. The fourth-order valence-corrected chi connectivity index (χ4v) is 5.20. The maximum Gasteiger partial charge on any atom is 0.416 e. The quantitative estimate of drug-likeness (QED) is 0.782. The Balaban J connectivity index is 1.58. The van der Waals surface area contributed by atoms with Crippen LogP contribution in [0.3, 0.4) is 0 Å². The van der Waals surface area contributed by atoms with Gasteiger partial charge in [-0.15, -0.1) is 10.2 Å². The SMILES string of the molecule is CN1CCC[C@@H](N2CCN3CCCc4c(-c5ccc(C(F)(F)F)cc5O)nnc2c43)C1. The van der Waals surface area contributed by atoms with E-state index in [0.717, 1.165) is 87.6 Å². The van der Waals surface area contributed by atoms with E-state index in [1.807, 2.05) is 0 Å². The molecule has 0 saturated carbocycles. The number of aromatic nitrogens is 2. The van der Waals surface area contributed by atoms with E-state index >= 15 is 0 Å². The van der Waals surface area contributed by atoms with Gasteiger partial charge in [0.15, 0.2) is 5.82 Å². The van der Waals surface area contributed by atoms with Crippen molar-refractivity contribution in [2.24, 2.45) is 0 Å². The molecule has 1 aromatic heterocycles. The van der Waals surface area contributed by atoms with E-state index in [9.17, 15) is 18.3 Å². The Bertz CT molecular complexity index is 996. The first-order valence-electron chi connectivity index (χ1n) is 10.8. The molecule has 2 aromatic rings. The van der Waals surface area contributed by atoms with Gasteiger partial charge < -0.3 is 19.8 Å². The van der Waals surface area contributed by atoms with Crippen LogP contribution in [0, 0.1) is 0 Å². The van der Waals surface area contributed by atoms with Gasteiger partial charge in [0.25, 0.3) is 0 Å². The molecule has 1 aromatic carbocycles. The van der Waals surface area contributed by atoms with Crippen molar-refractivity contribution in [2.45, 2.75) is 37.9 Å². The van der Waals surface area contributed by atoms with E-state index in [4.69, 9.17) is 0 Å². The molecular weight excluding hydrogens is 407 g/mol. The third kappa shape index (κ3) is 3.58. The average Bonchev–Trinajstić information content (AvgIpc) is 2.74. The number of aromatic hydroxyl groups is 1. The fourth-order valence-electron chi connectivity index (χ4n) is 5.20. The summed E-state index contributed by atoms with van der Waals surface area (Å²) >= 11 is 0. The van der Waals surface area contributed by atoms with Crippen molar-refractivity contribution in [1.29, 1.82) is 0 Å². The van der Waals surface area contributed by atoms with Gasteiger partial charge in [0.05, 0.1) is 11.3 Å². The Morgan fingerprint density at radius 2 is 1.90 bits per heavy atom. The van der Waals surface area contributed by atoms with E-state index in [1.54, 1.807) is 0 Å². The Morgan fingerprint density at radius 1 is 1.06 bits per heavy atom. The van der Waals surface area contributed by atoms with Gasteiger partial charge in [0, 0.05) is 43.3 Å². The van der Waals surface area contributed by atoms with E-state index in [-0.39, 0.29) is 0 Å². The zero-order valence-corrected chi connectivity index (χ0v) is 17.5. The van der Waals surface area contributed by atoms with Crippen LogP contribution >= 0.6 is 0 Å². The molecular formula is C22H26F3N5O. The smallest absolute Gasteiger partial charge is 0.416 e. The zero-order valence-electron chi connectivity index (χ0n) is 17.5. The van der Waals surface area contributed by atoms with Gasteiger partial charge in [-0.2, -0.15) is 13.2 Å². The lowest BCUT2D eigenvalue weighted by molar-refractivity contribution is -0.137. The molecule has 1 saturated heterocycles. The van der Waals surface area contributed by atoms with Crippen molar-refractivity contribution < 1.29 is 18.3 Å². The molecule has 4 heterocycles. The number of nitrogens with zero attached hydrogens (tertiary/aromatic N) is 5. The highest BCUT2D eigenvalue weighted by molar-refractivity contribution is 5.82. The highest BCUT2D eigenvalue weighted by Crippen LogP contribution is 2.45. The van der Waals surface area contributed by atoms with E-state index in [2.05, 4.69) is 31.9 Å². The number of hydrogen-bond donors (Lipinski definition) is 1. The number of alkyl halides is 3. The lowest BCUT2D eigenvalue weighted by Gasteiger charge is -2.46. The zero-order chi connectivity index (χ0) is 21.8. The predicted octanol–water partition coefficient (Wildman–Crippen LogP) is 3.53. The second-order valence-corrected chi connectivity index (χ2v) is 8.77. The molecule has 1 N–H and O–H groups in total. The molecule has 9 heteroatoms.